The zero-order chi connectivity index (χ0) is 57.2. The monoisotopic (exact) mass is 1110 g/mol. The molecule has 1 saturated heterocycles. The first kappa shape index (κ1) is 74.9. The number of amides is 1. The lowest BCUT2D eigenvalue weighted by molar-refractivity contribution is -0.302. The van der Waals surface area contributed by atoms with Gasteiger partial charge in [-0.25, -0.2) is 0 Å². The number of ether oxygens (including phenoxy) is 2. The van der Waals surface area contributed by atoms with E-state index in [9.17, 15) is 30.3 Å². The summed E-state index contributed by atoms with van der Waals surface area (Å²) in [6.07, 6.45) is 74.9. The van der Waals surface area contributed by atoms with Crippen LogP contribution >= 0.6 is 0 Å². The van der Waals surface area contributed by atoms with Crippen molar-refractivity contribution in [2.75, 3.05) is 13.2 Å². The number of aliphatic hydroxyl groups excluding tert-OH is 5. The van der Waals surface area contributed by atoms with Gasteiger partial charge in [-0.3, -0.25) is 4.79 Å². The summed E-state index contributed by atoms with van der Waals surface area (Å²) >= 11 is 0. The van der Waals surface area contributed by atoms with Gasteiger partial charge in [0, 0.05) is 6.42 Å². The molecule has 0 aromatic rings. The molecule has 7 unspecified atom stereocenters. The zero-order valence-electron chi connectivity index (χ0n) is 51.6. The first-order valence-corrected chi connectivity index (χ1v) is 34.0. The van der Waals surface area contributed by atoms with Crippen molar-refractivity contribution in [2.24, 2.45) is 0 Å². The van der Waals surface area contributed by atoms with Gasteiger partial charge in [0.2, 0.25) is 5.91 Å². The van der Waals surface area contributed by atoms with Crippen molar-refractivity contribution >= 4 is 5.91 Å². The highest BCUT2D eigenvalue weighted by Crippen LogP contribution is 2.23. The molecular formula is C70H129NO8. The SMILES string of the molecule is CCCCCCC/C=C\C/C=C\C/C=C\CCCCCCCCCCCCCCCCCCCCCCCCCCCCC(=O)NC(COC1OC(CO)C(O)C(O)C1O)C(O)/C=C/CC/C=C/CCCCCCCCCCC. The van der Waals surface area contributed by atoms with Crippen LogP contribution in [-0.2, 0) is 14.3 Å². The number of aliphatic hydroxyl groups is 5. The highest BCUT2D eigenvalue weighted by atomic mass is 16.7. The Morgan fingerprint density at radius 1 is 0.430 bits per heavy atom. The summed E-state index contributed by atoms with van der Waals surface area (Å²) in [4.78, 5) is 13.1. The molecule has 1 aliphatic heterocycles. The van der Waals surface area contributed by atoms with Crippen molar-refractivity contribution < 1.29 is 39.8 Å². The molecule has 9 heteroatoms. The summed E-state index contributed by atoms with van der Waals surface area (Å²) in [7, 11) is 0. The molecular weight excluding hydrogens is 983 g/mol. The molecule has 79 heavy (non-hydrogen) atoms. The third kappa shape index (κ3) is 48.0. The minimum Gasteiger partial charge on any atom is -0.394 e. The summed E-state index contributed by atoms with van der Waals surface area (Å²) in [5.41, 5.74) is 0. The standard InChI is InChI=1S/C70H129NO8/c1-3-5-7-9-11-13-15-17-19-20-21-22-23-24-25-26-27-28-29-30-31-32-33-34-35-36-37-38-39-40-41-42-43-44-46-48-50-52-54-56-58-60-66(74)71-63(62-78-70-69(77)68(76)67(75)65(61-72)79-70)64(73)59-57-55-53-51-49-47-45-18-16-14-12-10-8-6-4-2/h15,17,20-21,23-24,49,51,57,59,63-65,67-70,72-73,75-77H,3-14,16,18-19,22,25-48,50,52-56,58,60-62H2,1-2H3,(H,71,74)/b17-15-,21-20-,24-23-,51-49+,59-57+. The maximum absolute atomic E-state index is 13.1. The molecule has 9 nitrogen and oxygen atoms in total. The Bertz CT molecular complexity index is 1430. The van der Waals surface area contributed by atoms with Crippen molar-refractivity contribution in [3.63, 3.8) is 0 Å². The van der Waals surface area contributed by atoms with E-state index >= 15 is 0 Å². The van der Waals surface area contributed by atoms with Gasteiger partial charge in [-0.2, -0.15) is 0 Å². The zero-order valence-corrected chi connectivity index (χ0v) is 51.6. The Kier molecular flexibility index (Phi) is 56.0. The van der Waals surface area contributed by atoms with Gasteiger partial charge < -0.3 is 40.3 Å². The van der Waals surface area contributed by atoms with E-state index in [1.165, 1.54) is 250 Å². The fourth-order valence-corrected chi connectivity index (χ4v) is 10.7. The maximum atomic E-state index is 13.1. The topological polar surface area (TPSA) is 149 Å². The predicted molar refractivity (Wildman–Crippen MR) is 336 cm³/mol. The van der Waals surface area contributed by atoms with E-state index in [2.05, 4.69) is 67.8 Å². The molecule has 0 aromatic carbocycles. The summed E-state index contributed by atoms with van der Waals surface area (Å²) in [6, 6.07) is -0.821. The highest BCUT2D eigenvalue weighted by molar-refractivity contribution is 5.76. The lowest BCUT2D eigenvalue weighted by atomic mass is 9.99. The molecule has 462 valence electrons. The van der Waals surface area contributed by atoms with Gasteiger partial charge >= 0.3 is 0 Å². The quantitative estimate of drug-likeness (QED) is 0.0261. The van der Waals surface area contributed by atoms with E-state index in [-0.39, 0.29) is 12.5 Å². The van der Waals surface area contributed by atoms with E-state index in [0.29, 0.717) is 6.42 Å². The second-order valence-corrected chi connectivity index (χ2v) is 23.6. The molecule has 1 aliphatic rings. The average Bonchev–Trinajstić information content (AvgIpc) is 3.46. The van der Waals surface area contributed by atoms with Crippen molar-refractivity contribution in [2.45, 2.75) is 365 Å². The molecule has 0 aromatic heterocycles. The molecule has 1 amide bonds. The minimum atomic E-state index is -1.57. The molecule has 0 radical (unpaired) electrons. The molecule has 7 atom stereocenters. The smallest absolute Gasteiger partial charge is 0.220 e. The van der Waals surface area contributed by atoms with Gasteiger partial charge in [0.05, 0.1) is 25.4 Å². The minimum absolute atomic E-state index is 0.182. The van der Waals surface area contributed by atoms with Gasteiger partial charge in [0.25, 0.3) is 0 Å². The number of carbonyl (C=O) groups is 1. The fourth-order valence-electron chi connectivity index (χ4n) is 10.7. The van der Waals surface area contributed by atoms with E-state index in [1.54, 1.807) is 6.08 Å². The van der Waals surface area contributed by atoms with Crippen LogP contribution in [0.3, 0.4) is 0 Å². The van der Waals surface area contributed by atoms with Crippen LogP contribution in [0, 0.1) is 0 Å². The molecule has 1 heterocycles. The third-order valence-corrected chi connectivity index (χ3v) is 16.1. The highest BCUT2D eigenvalue weighted by Gasteiger charge is 2.44. The Hall–Kier alpha value is -2.11. The van der Waals surface area contributed by atoms with Crippen LogP contribution < -0.4 is 5.32 Å². The molecule has 0 saturated carbocycles. The maximum Gasteiger partial charge on any atom is 0.220 e. The van der Waals surface area contributed by atoms with Crippen LogP contribution in [0.15, 0.2) is 60.8 Å². The molecule has 1 fully saturated rings. The molecule has 1 rings (SSSR count). The van der Waals surface area contributed by atoms with Gasteiger partial charge in [-0.05, 0) is 70.6 Å². The third-order valence-electron chi connectivity index (χ3n) is 16.1. The van der Waals surface area contributed by atoms with Crippen molar-refractivity contribution in [1.82, 2.24) is 5.32 Å². The summed E-state index contributed by atoms with van der Waals surface area (Å²) in [5, 5.41) is 54.5. The van der Waals surface area contributed by atoms with Crippen LogP contribution in [-0.4, -0.2) is 87.5 Å². The predicted octanol–water partition coefficient (Wildman–Crippen LogP) is 18.2. The lowest BCUT2D eigenvalue weighted by Gasteiger charge is -2.40. The number of hydrogen-bond donors (Lipinski definition) is 6. The van der Waals surface area contributed by atoms with E-state index in [0.717, 1.165) is 51.4 Å². The van der Waals surface area contributed by atoms with Gasteiger partial charge in [0.1, 0.15) is 24.4 Å². The Morgan fingerprint density at radius 2 is 0.759 bits per heavy atom. The summed E-state index contributed by atoms with van der Waals surface area (Å²) < 4.78 is 11.3. The second kappa shape index (κ2) is 59.1. The summed E-state index contributed by atoms with van der Waals surface area (Å²) in [5.74, 6) is -0.182. The number of hydrogen-bond acceptors (Lipinski definition) is 8. The molecule has 0 aliphatic carbocycles. The van der Waals surface area contributed by atoms with Crippen molar-refractivity contribution in [3.8, 4) is 0 Å². The number of nitrogens with one attached hydrogen (secondary N) is 1. The van der Waals surface area contributed by atoms with Gasteiger partial charge in [-0.15, -0.1) is 0 Å². The first-order valence-electron chi connectivity index (χ1n) is 34.0. The van der Waals surface area contributed by atoms with Crippen molar-refractivity contribution in [3.05, 3.63) is 60.8 Å². The summed E-state index contributed by atoms with van der Waals surface area (Å²) in [6.45, 7) is 3.77. The van der Waals surface area contributed by atoms with Gasteiger partial charge in [-0.1, -0.05) is 306 Å². The fraction of sp³-hybridized carbons (Fsp3) is 0.843. The van der Waals surface area contributed by atoms with Gasteiger partial charge in [0.15, 0.2) is 6.29 Å². The van der Waals surface area contributed by atoms with Crippen LogP contribution in [0.1, 0.15) is 322 Å². The van der Waals surface area contributed by atoms with Crippen molar-refractivity contribution in [1.29, 1.82) is 0 Å². The Balaban J connectivity index is 2.03. The van der Waals surface area contributed by atoms with E-state index < -0.39 is 49.5 Å². The number of unbranched alkanes of at least 4 members (excludes halogenated alkanes) is 41. The van der Waals surface area contributed by atoms with E-state index in [1.807, 2.05) is 6.08 Å². The second-order valence-electron chi connectivity index (χ2n) is 23.6. The Morgan fingerprint density at radius 3 is 1.15 bits per heavy atom. The molecule has 0 bridgehead atoms. The molecule has 0 spiro atoms. The number of rotatable bonds is 59. The lowest BCUT2D eigenvalue weighted by Crippen LogP contribution is -2.60. The van der Waals surface area contributed by atoms with E-state index in [4.69, 9.17) is 9.47 Å². The molecule has 6 N–H and O–H groups in total. The van der Waals surface area contributed by atoms with Crippen LogP contribution in [0.25, 0.3) is 0 Å². The first-order chi connectivity index (χ1) is 38.8. The Labute approximate surface area is 487 Å². The van der Waals surface area contributed by atoms with Crippen LogP contribution in [0.5, 0.6) is 0 Å². The largest absolute Gasteiger partial charge is 0.394 e. The number of carbonyl (C=O) groups excluding carboxylic acids is 1. The normalized spacial score (nSPS) is 18.9. The van der Waals surface area contributed by atoms with Crippen LogP contribution in [0.2, 0.25) is 0 Å². The number of allylic oxidation sites excluding steroid dienone is 9. The van der Waals surface area contributed by atoms with Crippen LogP contribution in [0.4, 0.5) is 0 Å². The average molecular weight is 1110 g/mol.